The average molecular weight is 594 g/mol. The molecular formula is C28H24BrN3O5S. The number of fused-ring (bicyclic) bond motifs is 3. The number of sulfonamides is 1. The summed E-state index contributed by atoms with van der Waals surface area (Å²) in [6.07, 6.45) is 1.04. The third kappa shape index (κ3) is 3.81. The second-order valence-corrected chi connectivity index (χ2v) is 12.5. The van der Waals surface area contributed by atoms with Crippen LogP contribution in [0.25, 0.3) is 0 Å². The first-order chi connectivity index (χ1) is 18.2. The highest BCUT2D eigenvalue weighted by atomic mass is 79.9. The lowest BCUT2D eigenvalue weighted by Gasteiger charge is -2.38. The Morgan fingerprint density at radius 2 is 1.55 bits per heavy atom. The molecular weight excluding hydrogens is 570 g/mol. The van der Waals surface area contributed by atoms with Gasteiger partial charge in [0.15, 0.2) is 0 Å². The topological polar surface area (TPSA) is 95.1 Å². The Hall–Kier alpha value is -3.34. The lowest BCUT2D eigenvalue weighted by atomic mass is 9.94. The van der Waals surface area contributed by atoms with E-state index in [0.717, 1.165) is 21.6 Å². The summed E-state index contributed by atoms with van der Waals surface area (Å²) in [5, 5.41) is 0. The molecule has 3 aromatic rings. The molecule has 1 atom stereocenters. The van der Waals surface area contributed by atoms with Gasteiger partial charge in [0.2, 0.25) is 15.9 Å². The number of carbonyl (C=O) groups excluding carboxylic acids is 3. The van der Waals surface area contributed by atoms with Gasteiger partial charge >= 0.3 is 0 Å². The third-order valence-electron chi connectivity index (χ3n) is 7.56. The summed E-state index contributed by atoms with van der Waals surface area (Å²) in [5.74, 6) is -1.09. The van der Waals surface area contributed by atoms with Gasteiger partial charge in [0.05, 0.1) is 29.4 Å². The molecule has 0 fully saturated rings. The Labute approximate surface area is 229 Å². The van der Waals surface area contributed by atoms with Crippen molar-refractivity contribution >= 4 is 49.4 Å². The average Bonchev–Trinajstić information content (AvgIpc) is 3.43. The van der Waals surface area contributed by atoms with E-state index in [9.17, 15) is 22.8 Å². The largest absolute Gasteiger partial charge is 0.311 e. The molecule has 3 heterocycles. The van der Waals surface area contributed by atoms with Crippen molar-refractivity contribution in [3.8, 4) is 0 Å². The molecule has 0 N–H and O–H groups in total. The maximum Gasteiger partial charge on any atom is 0.261 e. The van der Waals surface area contributed by atoms with Crippen molar-refractivity contribution in [3.05, 3.63) is 93.0 Å². The molecule has 0 radical (unpaired) electrons. The number of hydrogen-bond acceptors (Lipinski definition) is 5. The Morgan fingerprint density at radius 3 is 2.24 bits per heavy atom. The monoisotopic (exact) mass is 593 g/mol. The summed E-state index contributed by atoms with van der Waals surface area (Å²) in [6.45, 7) is 1.89. The molecule has 0 saturated carbocycles. The lowest BCUT2D eigenvalue weighted by molar-refractivity contribution is -0.116. The zero-order chi connectivity index (χ0) is 26.8. The minimum atomic E-state index is -4.15. The Bertz CT molecular complexity index is 1600. The molecule has 10 heteroatoms. The van der Waals surface area contributed by atoms with E-state index in [0.29, 0.717) is 40.7 Å². The number of imide groups is 1. The fourth-order valence-electron chi connectivity index (χ4n) is 5.79. The Morgan fingerprint density at radius 1 is 0.921 bits per heavy atom. The molecule has 6 rings (SSSR count). The van der Waals surface area contributed by atoms with Gasteiger partial charge in [-0.2, -0.15) is 4.31 Å². The second kappa shape index (κ2) is 9.14. The molecule has 3 aliphatic heterocycles. The molecule has 3 aromatic carbocycles. The van der Waals surface area contributed by atoms with E-state index >= 15 is 0 Å². The number of halogens is 1. The third-order valence-corrected chi connectivity index (χ3v) is 9.94. The highest BCUT2D eigenvalue weighted by Gasteiger charge is 2.44. The van der Waals surface area contributed by atoms with Crippen molar-refractivity contribution in [2.45, 2.75) is 30.7 Å². The van der Waals surface area contributed by atoms with Gasteiger partial charge in [-0.15, -0.1) is 0 Å². The van der Waals surface area contributed by atoms with Crippen LogP contribution in [0.2, 0.25) is 0 Å². The zero-order valence-corrected chi connectivity index (χ0v) is 23.0. The van der Waals surface area contributed by atoms with Crippen LogP contribution in [0.1, 0.15) is 50.4 Å². The molecule has 8 nitrogen and oxygen atoms in total. The molecule has 0 bridgehead atoms. The van der Waals surface area contributed by atoms with E-state index in [1.165, 1.54) is 22.2 Å². The van der Waals surface area contributed by atoms with E-state index in [2.05, 4.69) is 15.9 Å². The standard InChI is InChI=1S/C28H24BrN3O5S/c1-17(33)30-12-10-19-14-20(29)15-25(26(19)30)38(36,37)32-13-11-18-6-2-3-7-21(18)24(32)16-31-27(34)22-8-4-5-9-23(22)28(31)35/h2-9,14-15,24H,10-13,16H2,1H3. The first-order valence-corrected chi connectivity index (χ1v) is 14.6. The summed E-state index contributed by atoms with van der Waals surface area (Å²) in [5.41, 5.74) is 3.55. The highest BCUT2D eigenvalue weighted by molar-refractivity contribution is 9.10. The molecule has 194 valence electrons. The van der Waals surface area contributed by atoms with Crippen LogP contribution in [-0.4, -0.2) is 55.0 Å². The van der Waals surface area contributed by atoms with Crippen LogP contribution < -0.4 is 4.90 Å². The van der Waals surface area contributed by atoms with Crippen LogP contribution in [-0.2, 0) is 27.7 Å². The van der Waals surface area contributed by atoms with Gasteiger partial charge in [0.1, 0.15) is 4.90 Å². The van der Waals surface area contributed by atoms with E-state index in [1.54, 1.807) is 24.3 Å². The normalized spacial score (nSPS) is 18.9. The number of rotatable bonds is 4. The SMILES string of the molecule is CC(=O)N1CCc2cc(Br)cc(S(=O)(=O)N3CCc4ccccc4C3CN3C(=O)c4ccccc4C3=O)c21. The molecule has 1 unspecified atom stereocenters. The Kier molecular flexibility index (Phi) is 6.01. The van der Waals surface area contributed by atoms with Gasteiger partial charge in [-0.05, 0) is 53.8 Å². The number of anilines is 1. The molecule has 38 heavy (non-hydrogen) atoms. The number of carbonyl (C=O) groups is 3. The van der Waals surface area contributed by atoms with E-state index < -0.39 is 27.9 Å². The van der Waals surface area contributed by atoms with Crippen molar-refractivity contribution in [2.75, 3.05) is 24.5 Å². The predicted octanol–water partition coefficient (Wildman–Crippen LogP) is 3.94. The molecule has 0 aliphatic carbocycles. The van der Waals surface area contributed by atoms with Crippen LogP contribution >= 0.6 is 15.9 Å². The van der Waals surface area contributed by atoms with Crippen molar-refractivity contribution in [1.29, 1.82) is 0 Å². The second-order valence-electron chi connectivity index (χ2n) is 9.68. The number of amides is 3. The van der Waals surface area contributed by atoms with E-state index in [4.69, 9.17) is 0 Å². The fraction of sp³-hybridized carbons (Fsp3) is 0.250. The summed E-state index contributed by atoms with van der Waals surface area (Å²) < 4.78 is 30.8. The van der Waals surface area contributed by atoms with Crippen LogP contribution in [0.5, 0.6) is 0 Å². The van der Waals surface area contributed by atoms with Gasteiger partial charge in [-0.3, -0.25) is 19.3 Å². The first kappa shape index (κ1) is 25.0. The van der Waals surface area contributed by atoms with Crippen LogP contribution in [0.3, 0.4) is 0 Å². The number of nitrogens with zero attached hydrogens (tertiary/aromatic N) is 3. The smallest absolute Gasteiger partial charge is 0.261 e. The fourth-order valence-corrected chi connectivity index (χ4v) is 8.31. The Balaban J connectivity index is 1.46. The van der Waals surface area contributed by atoms with E-state index in [-0.39, 0.29) is 23.9 Å². The lowest BCUT2D eigenvalue weighted by Crippen LogP contribution is -2.46. The summed E-state index contributed by atoms with van der Waals surface area (Å²) >= 11 is 3.45. The summed E-state index contributed by atoms with van der Waals surface area (Å²) in [7, 11) is -4.15. The van der Waals surface area contributed by atoms with Crippen LogP contribution in [0, 0.1) is 0 Å². The number of hydrogen-bond donors (Lipinski definition) is 0. The van der Waals surface area contributed by atoms with Gasteiger partial charge in [-0.1, -0.05) is 52.3 Å². The molecule has 3 amide bonds. The zero-order valence-electron chi connectivity index (χ0n) is 20.6. The van der Waals surface area contributed by atoms with Crippen molar-refractivity contribution in [3.63, 3.8) is 0 Å². The predicted molar refractivity (Wildman–Crippen MR) is 144 cm³/mol. The van der Waals surface area contributed by atoms with Gasteiger partial charge < -0.3 is 4.90 Å². The first-order valence-electron chi connectivity index (χ1n) is 12.3. The van der Waals surface area contributed by atoms with Crippen molar-refractivity contribution < 1.29 is 22.8 Å². The van der Waals surface area contributed by atoms with Gasteiger partial charge in [0.25, 0.3) is 11.8 Å². The maximum absolute atomic E-state index is 14.4. The van der Waals surface area contributed by atoms with Crippen molar-refractivity contribution in [2.24, 2.45) is 0 Å². The molecule has 3 aliphatic rings. The van der Waals surface area contributed by atoms with E-state index in [1.807, 2.05) is 30.3 Å². The minimum absolute atomic E-state index is 0.0429. The summed E-state index contributed by atoms with van der Waals surface area (Å²) in [4.78, 5) is 41.5. The van der Waals surface area contributed by atoms with Gasteiger partial charge in [0, 0.05) is 24.5 Å². The van der Waals surface area contributed by atoms with Crippen LogP contribution in [0.4, 0.5) is 5.69 Å². The quantitative estimate of drug-likeness (QED) is 0.427. The number of benzene rings is 3. The summed E-state index contributed by atoms with van der Waals surface area (Å²) in [6, 6.07) is 16.8. The molecule has 0 spiro atoms. The minimum Gasteiger partial charge on any atom is -0.311 e. The van der Waals surface area contributed by atoms with Gasteiger partial charge in [-0.25, -0.2) is 8.42 Å². The highest BCUT2D eigenvalue weighted by Crippen LogP contribution is 2.42. The van der Waals surface area contributed by atoms with Crippen molar-refractivity contribution in [1.82, 2.24) is 9.21 Å². The van der Waals surface area contributed by atoms with Crippen LogP contribution in [0.15, 0.2) is 70.0 Å². The molecule has 0 saturated heterocycles. The molecule has 0 aromatic heterocycles. The maximum atomic E-state index is 14.4.